The molecule has 4 aromatic rings. The molecule has 0 fully saturated rings. The predicted molar refractivity (Wildman–Crippen MR) is 175 cm³/mol. The summed E-state index contributed by atoms with van der Waals surface area (Å²) >= 11 is 15.3. The summed E-state index contributed by atoms with van der Waals surface area (Å²) in [4.78, 5) is 26.5. The van der Waals surface area contributed by atoms with Crippen molar-refractivity contribution in [2.75, 3.05) is 37.2 Å². The van der Waals surface area contributed by atoms with Crippen molar-refractivity contribution >= 4 is 69.1 Å². The number of ketones is 1. The number of halogens is 2. The van der Waals surface area contributed by atoms with Crippen molar-refractivity contribution in [3.8, 4) is 22.8 Å². The number of carbonyl (C=O) groups is 1. The number of allylic oxidation sites excluding steroid dienone is 1. The molecule has 0 saturated heterocycles. The third kappa shape index (κ3) is 7.09. The number of rotatable bonds is 13. The summed E-state index contributed by atoms with van der Waals surface area (Å²) in [6.45, 7) is 10.5. The largest absolute Gasteiger partial charge is 0.495 e. The summed E-state index contributed by atoms with van der Waals surface area (Å²) < 4.78 is 10.9. The third-order valence-electron chi connectivity index (χ3n) is 6.43. The zero-order chi connectivity index (χ0) is 30.4. The molecule has 0 bridgehead atoms. The number of nitrogens with one attached hydrogen (secondary N) is 2. The molecule has 2 heterocycles. The summed E-state index contributed by atoms with van der Waals surface area (Å²) in [6, 6.07) is 9.26. The van der Waals surface area contributed by atoms with E-state index in [-0.39, 0.29) is 12.2 Å². The molecular weight excluding hydrogens is 593 g/mol. The van der Waals surface area contributed by atoms with Gasteiger partial charge in [-0.2, -0.15) is 11.8 Å². The number of para-hydroxylation sites is 1. The zero-order valence-corrected chi connectivity index (χ0v) is 26.5. The second-order valence-corrected chi connectivity index (χ2v) is 12.1. The van der Waals surface area contributed by atoms with Gasteiger partial charge in [-0.15, -0.1) is 0 Å². The molecule has 2 N–H and O–H groups in total. The van der Waals surface area contributed by atoms with Gasteiger partial charge >= 0.3 is 0 Å². The molecular formula is C31H33Cl2N5O3S. The van der Waals surface area contributed by atoms with Gasteiger partial charge in [-0.25, -0.2) is 15.0 Å². The lowest BCUT2D eigenvalue weighted by Gasteiger charge is -2.17. The predicted octanol–water partition coefficient (Wildman–Crippen LogP) is 7.92. The molecule has 220 valence electrons. The zero-order valence-electron chi connectivity index (χ0n) is 24.2. The molecule has 42 heavy (non-hydrogen) atoms. The maximum atomic E-state index is 12.1. The molecule has 0 aliphatic rings. The van der Waals surface area contributed by atoms with Crippen LogP contribution in [0.25, 0.3) is 22.2 Å². The molecule has 4 rings (SSSR count). The van der Waals surface area contributed by atoms with Crippen molar-refractivity contribution in [2.45, 2.75) is 32.4 Å². The summed E-state index contributed by atoms with van der Waals surface area (Å²) in [5, 5.41) is 8.62. The molecule has 0 aliphatic carbocycles. The van der Waals surface area contributed by atoms with Gasteiger partial charge < -0.3 is 20.1 Å². The summed E-state index contributed by atoms with van der Waals surface area (Å²) in [6.07, 6.45) is 3.27. The minimum atomic E-state index is -0.0722. The number of aryl methyl sites for hydroxylation is 1. The number of pyridine rings is 1. The van der Waals surface area contributed by atoms with Gasteiger partial charge in [-0.05, 0) is 35.4 Å². The maximum absolute atomic E-state index is 12.1. The highest BCUT2D eigenvalue weighted by molar-refractivity contribution is 7.99. The Hall–Kier alpha value is -3.53. The fourth-order valence-corrected chi connectivity index (χ4v) is 5.74. The lowest BCUT2D eigenvalue weighted by molar-refractivity contribution is -0.114. The van der Waals surface area contributed by atoms with Crippen molar-refractivity contribution in [1.29, 1.82) is 0 Å². The Kier molecular flexibility index (Phi) is 10.5. The van der Waals surface area contributed by atoms with Gasteiger partial charge in [-0.1, -0.05) is 61.8 Å². The highest BCUT2D eigenvalue weighted by atomic mass is 35.5. The average molecular weight is 627 g/mol. The van der Waals surface area contributed by atoms with E-state index < -0.39 is 0 Å². The van der Waals surface area contributed by atoms with Crippen molar-refractivity contribution in [3.63, 3.8) is 0 Å². The second kappa shape index (κ2) is 14.1. The summed E-state index contributed by atoms with van der Waals surface area (Å²) in [7, 11) is 3.06. The van der Waals surface area contributed by atoms with E-state index in [4.69, 9.17) is 42.6 Å². The Labute approximate surface area is 260 Å². The van der Waals surface area contributed by atoms with E-state index in [9.17, 15) is 4.79 Å². The number of benzene rings is 2. The monoisotopic (exact) mass is 625 g/mol. The lowest BCUT2D eigenvalue weighted by Crippen LogP contribution is -2.10. The number of thioether (sulfide) groups is 1. The van der Waals surface area contributed by atoms with Gasteiger partial charge in [0.2, 0.25) is 5.95 Å². The number of aromatic nitrogens is 3. The lowest BCUT2D eigenvalue weighted by atomic mass is 10.0. The highest BCUT2D eigenvalue weighted by Crippen LogP contribution is 2.46. The van der Waals surface area contributed by atoms with Gasteiger partial charge in [0.25, 0.3) is 0 Å². The SMILES string of the molecule is C=CC(=O)Cc1cccc(C)c1Nc1ncc2cc(-c3c(Cl)c(OC)cc(OC)c3Cl)nc(NCCSC(C)C)c2n1. The van der Waals surface area contributed by atoms with Crippen molar-refractivity contribution in [1.82, 2.24) is 15.0 Å². The first-order valence-corrected chi connectivity index (χ1v) is 15.1. The average Bonchev–Trinajstić information content (AvgIpc) is 2.97. The van der Waals surface area contributed by atoms with Crippen LogP contribution in [0.15, 0.2) is 49.2 Å². The molecule has 0 unspecified atom stereocenters. The first kappa shape index (κ1) is 31.4. The second-order valence-electron chi connectivity index (χ2n) is 9.70. The van der Waals surface area contributed by atoms with Crippen LogP contribution in [0.4, 0.5) is 17.5 Å². The molecule has 0 saturated carbocycles. The summed E-state index contributed by atoms with van der Waals surface area (Å²) in [5.74, 6) is 2.56. The Morgan fingerprint density at radius 2 is 1.83 bits per heavy atom. The van der Waals surface area contributed by atoms with E-state index in [1.807, 2.05) is 43.0 Å². The standard InChI is InChI=1S/C31H33Cl2N5O3S/c1-7-21(39)13-19-10-8-9-18(4)28(19)37-31-35-16-20-14-22(25-26(32)23(40-5)15-24(41-6)27(25)33)36-30(29(20)38-31)34-11-12-42-17(2)3/h7-10,14-17H,1,11-13H2,2-6H3,(H,34,36)(H,35,37,38). The highest BCUT2D eigenvalue weighted by Gasteiger charge is 2.22. The van der Waals surface area contributed by atoms with Crippen molar-refractivity contribution in [3.05, 3.63) is 70.4 Å². The van der Waals surface area contributed by atoms with E-state index in [1.165, 1.54) is 20.3 Å². The van der Waals surface area contributed by atoms with Crippen molar-refractivity contribution < 1.29 is 14.3 Å². The maximum Gasteiger partial charge on any atom is 0.227 e. The number of hydrogen-bond acceptors (Lipinski definition) is 9. The third-order valence-corrected chi connectivity index (χ3v) is 8.29. The van der Waals surface area contributed by atoms with Gasteiger partial charge in [0.15, 0.2) is 11.6 Å². The number of nitrogens with zero attached hydrogens (tertiary/aromatic N) is 3. The fourth-order valence-electron chi connectivity index (χ4n) is 4.35. The number of fused-ring (bicyclic) bond motifs is 1. The number of anilines is 3. The van der Waals surface area contributed by atoms with Crippen LogP contribution in [0.1, 0.15) is 25.0 Å². The summed E-state index contributed by atoms with van der Waals surface area (Å²) in [5.41, 5.74) is 4.18. The van der Waals surface area contributed by atoms with Gasteiger partial charge in [-0.3, -0.25) is 4.79 Å². The van der Waals surface area contributed by atoms with Crippen LogP contribution in [0.2, 0.25) is 10.0 Å². The van der Waals surface area contributed by atoms with E-state index >= 15 is 0 Å². The van der Waals surface area contributed by atoms with E-state index in [0.29, 0.717) is 61.9 Å². The van der Waals surface area contributed by atoms with Crippen LogP contribution in [0.3, 0.4) is 0 Å². The van der Waals surface area contributed by atoms with Crippen molar-refractivity contribution in [2.24, 2.45) is 0 Å². The smallest absolute Gasteiger partial charge is 0.227 e. The topological polar surface area (TPSA) is 98.3 Å². The van der Waals surface area contributed by atoms with Gasteiger partial charge in [0, 0.05) is 47.6 Å². The Morgan fingerprint density at radius 3 is 2.48 bits per heavy atom. The quantitative estimate of drug-likeness (QED) is 0.113. The Bertz CT molecular complexity index is 1600. The minimum Gasteiger partial charge on any atom is -0.495 e. The van der Waals surface area contributed by atoms with Crippen LogP contribution in [0.5, 0.6) is 11.5 Å². The molecule has 2 aromatic heterocycles. The number of methoxy groups -OCH3 is 2. The van der Waals surface area contributed by atoms with Gasteiger partial charge in [0.05, 0.1) is 30.0 Å². The van der Waals surface area contributed by atoms with Crippen LogP contribution >= 0.6 is 35.0 Å². The Balaban J connectivity index is 1.82. The molecule has 0 radical (unpaired) electrons. The molecule has 0 spiro atoms. The van der Waals surface area contributed by atoms with E-state index in [2.05, 4.69) is 36.0 Å². The minimum absolute atomic E-state index is 0.0722. The fraction of sp³-hybridized carbons (Fsp3) is 0.290. The number of hydrogen-bond donors (Lipinski definition) is 2. The van der Waals surface area contributed by atoms with Crippen LogP contribution in [-0.2, 0) is 11.2 Å². The molecule has 11 heteroatoms. The number of ether oxygens (including phenoxy) is 2. The van der Waals surface area contributed by atoms with Crippen LogP contribution in [0, 0.1) is 6.92 Å². The normalized spacial score (nSPS) is 11.0. The molecule has 0 amide bonds. The first-order chi connectivity index (χ1) is 20.2. The van der Waals surface area contributed by atoms with Gasteiger partial charge in [0.1, 0.15) is 17.0 Å². The van der Waals surface area contributed by atoms with Crippen LogP contribution < -0.4 is 20.1 Å². The molecule has 2 aromatic carbocycles. The number of carbonyl (C=O) groups excluding carboxylic acids is 1. The Morgan fingerprint density at radius 1 is 1.12 bits per heavy atom. The first-order valence-electron chi connectivity index (χ1n) is 13.3. The van der Waals surface area contributed by atoms with Crippen LogP contribution in [-0.4, -0.2) is 52.5 Å². The molecule has 0 aliphatic heterocycles. The molecule has 8 nitrogen and oxygen atoms in total. The van der Waals surface area contributed by atoms with E-state index in [0.717, 1.165) is 28.0 Å². The molecule has 0 atom stereocenters. The van der Waals surface area contributed by atoms with E-state index in [1.54, 1.807) is 12.3 Å².